The van der Waals surface area contributed by atoms with E-state index in [2.05, 4.69) is 68.1 Å². The van der Waals surface area contributed by atoms with E-state index in [0.29, 0.717) is 12.5 Å². The van der Waals surface area contributed by atoms with Gasteiger partial charge in [0.05, 0.1) is 42.1 Å². The van der Waals surface area contributed by atoms with Gasteiger partial charge >= 0.3 is 0 Å². The molecule has 32 heavy (non-hydrogen) atoms. The number of fused-ring (bicyclic) bond motifs is 1. The molecule has 2 aromatic rings. The van der Waals surface area contributed by atoms with Crippen LogP contribution in [0.25, 0.3) is 16.6 Å². The molecule has 0 spiro atoms. The van der Waals surface area contributed by atoms with Crippen molar-refractivity contribution < 1.29 is 9.47 Å². The van der Waals surface area contributed by atoms with Crippen LogP contribution >= 0.6 is 0 Å². The van der Waals surface area contributed by atoms with Gasteiger partial charge in [-0.3, -0.25) is 0 Å². The molecule has 0 bridgehead atoms. The summed E-state index contributed by atoms with van der Waals surface area (Å²) in [5.74, 6) is 1.27. The van der Waals surface area contributed by atoms with E-state index < -0.39 is 0 Å². The number of ether oxygens (including phenoxy) is 2. The van der Waals surface area contributed by atoms with Gasteiger partial charge in [-0.05, 0) is 43.5 Å². The van der Waals surface area contributed by atoms with Gasteiger partial charge in [-0.15, -0.1) is 0 Å². The minimum Gasteiger partial charge on any atom is -0.482 e. The zero-order chi connectivity index (χ0) is 24.8. The predicted octanol–water partition coefficient (Wildman–Crippen LogP) is 7.13. The monoisotopic (exact) mass is 445 g/mol. The van der Waals surface area contributed by atoms with Crippen LogP contribution in [0.5, 0.6) is 0 Å². The van der Waals surface area contributed by atoms with Gasteiger partial charge in [0.1, 0.15) is 0 Å². The second-order valence-corrected chi connectivity index (χ2v) is 7.31. The summed E-state index contributed by atoms with van der Waals surface area (Å²) in [6.07, 6.45) is 6.46. The molecule has 0 aliphatic carbocycles. The number of aryl methyl sites for hydroxylation is 1. The van der Waals surface area contributed by atoms with Crippen LogP contribution in [0.3, 0.4) is 0 Å². The number of dihydropyridines is 1. The lowest BCUT2D eigenvalue weighted by molar-refractivity contribution is 0.164. The van der Waals surface area contributed by atoms with E-state index in [1.165, 1.54) is 0 Å². The van der Waals surface area contributed by atoms with E-state index in [4.69, 9.17) is 14.5 Å². The van der Waals surface area contributed by atoms with Crippen molar-refractivity contribution in [2.75, 3.05) is 20.8 Å². The highest BCUT2D eigenvalue weighted by Crippen LogP contribution is 2.28. The summed E-state index contributed by atoms with van der Waals surface area (Å²) in [5.41, 5.74) is 5.22. The molecule has 0 amide bonds. The predicted molar refractivity (Wildman–Crippen MR) is 140 cm³/mol. The molecule has 3 rings (SSSR count). The zero-order valence-corrected chi connectivity index (χ0v) is 22.5. The fourth-order valence-corrected chi connectivity index (χ4v) is 3.44. The van der Waals surface area contributed by atoms with Gasteiger partial charge in [-0.1, -0.05) is 61.5 Å². The van der Waals surface area contributed by atoms with Crippen molar-refractivity contribution in [2.24, 2.45) is 5.92 Å². The highest BCUT2D eigenvalue weighted by atomic mass is 16.5. The van der Waals surface area contributed by atoms with Crippen LogP contribution < -0.4 is 5.32 Å². The quantitative estimate of drug-likeness (QED) is 0.514. The summed E-state index contributed by atoms with van der Waals surface area (Å²) in [4.78, 5) is 4.94. The van der Waals surface area contributed by atoms with Crippen molar-refractivity contribution >= 4 is 16.6 Å². The number of rotatable bonds is 6. The number of hydrogen-bond acceptors (Lipinski definition) is 4. The van der Waals surface area contributed by atoms with Crippen LogP contribution in [0.2, 0.25) is 0 Å². The minimum absolute atomic E-state index is 0.264. The molecule has 5 nitrogen and oxygen atoms in total. The summed E-state index contributed by atoms with van der Waals surface area (Å²) in [5, 5.41) is 3.46. The number of methoxy groups -OCH3 is 2. The lowest BCUT2D eigenvalue weighted by Crippen LogP contribution is -2.34. The highest BCUT2D eigenvalue weighted by molar-refractivity contribution is 5.84. The maximum absolute atomic E-state index is 5.61. The Bertz CT molecular complexity index is 850. The smallest absolute Gasteiger partial charge is 0.196 e. The van der Waals surface area contributed by atoms with E-state index in [0.717, 1.165) is 33.7 Å². The molecule has 0 aromatic carbocycles. The Morgan fingerprint density at radius 3 is 2.19 bits per heavy atom. The molecule has 1 aliphatic heterocycles. The molecule has 2 atom stereocenters. The fraction of sp³-hybridized carbons (Fsp3) is 0.593. The lowest BCUT2D eigenvalue weighted by atomic mass is 9.98. The Labute approximate surface area is 196 Å². The fourth-order valence-electron chi connectivity index (χ4n) is 3.44. The number of pyridine rings is 1. The molecule has 2 aromatic heterocycles. The van der Waals surface area contributed by atoms with E-state index in [1.807, 2.05) is 41.5 Å². The Kier molecular flexibility index (Phi) is 14.4. The molecule has 5 heteroatoms. The first-order chi connectivity index (χ1) is 15.5. The molecule has 0 saturated carbocycles. The third-order valence-electron chi connectivity index (χ3n) is 4.95. The molecule has 0 radical (unpaired) electrons. The average Bonchev–Trinajstić information content (AvgIpc) is 3.18. The number of hydrogen-bond donors (Lipinski definition) is 1. The molecular weight excluding hydrogens is 398 g/mol. The van der Waals surface area contributed by atoms with Gasteiger partial charge in [-0.25, -0.2) is 4.98 Å². The second-order valence-electron chi connectivity index (χ2n) is 7.31. The third-order valence-corrected chi connectivity index (χ3v) is 4.95. The molecular formula is C27H47N3O2. The van der Waals surface area contributed by atoms with Gasteiger partial charge in [0.2, 0.25) is 0 Å². The average molecular weight is 446 g/mol. The van der Waals surface area contributed by atoms with Gasteiger partial charge in [0, 0.05) is 19.3 Å². The van der Waals surface area contributed by atoms with Crippen LogP contribution in [0, 0.1) is 12.8 Å². The normalized spacial score (nSPS) is 15.6. The summed E-state index contributed by atoms with van der Waals surface area (Å²) >= 11 is 0. The molecule has 3 heterocycles. The van der Waals surface area contributed by atoms with Gasteiger partial charge < -0.3 is 19.4 Å². The molecule has 1 aliphatic rings. The molecule has 0 fully saturated rings. The number of aromatic nitrogens is 2. The summed E-state index contributed by atoms with van der Waals surface area (Å²) in [6, 6.07) is 4.74. The maximum Gasteiger partial charge on any atom is 0.196 e. The Morgan fingerprint density at radius 2 is 1.66 bits per heavy atom. The van der Waals surface area contributed by atoms with Crippen LogP contribution in [0.1, 0.15) is 79.6 Å². The van der Waals surface area contributed by atoms with Crippen LogP contribution in [0.15, 0.2) is 36.4 Å². The van der Waals surface area contributed by atoms with Crippen molar-refractivity contribution in [2.45, 2.75) is 81.3 Å². The molecule has 1 N–H and O–H groups in total. The first-order valence-electron chi connectivity index (χ1n) is 12.2. The second kappa shape index (κ2) is 15.5. The standard InChI is InChI=1S/C21H29N3O2.3C2H6/c1-13(2)17-8-7-16(21(23-17)26-6)18-9-10-19-20(22-18)14(3)11-24(19)15(4)12-25-5;3*1-2/h7-11,13,15,17,23H,12H2,1-6H3;3*1-2H3/t15-,17?;;;/m0.../s1. The van der Waals surface area contributed by atoms with Crippen molar-refractivity contribution in [3.8, 4) is 0 Å². The minimum atomic E-state index is 0.264. The van der Waals surface area contributed by atoms with Crippen LogP contribution in [-0.2, 0) is 9.47 Å². The Morgan fingerprint density at radius 1 is 1.03 bits per heavy atom. The van der Waals surface area contributed by atoms with Crippen molar-refractivity contribution in [1.82, 2.24) is 14.9 Å². The van der Waals surface area contributed by atoms with Gasteiger partial charge in [0.15, 0.2) is 5.88 Å². The Hall–Kier alpha value is -2.27. The van der Waals surface area contributed by atoms with Crippen LogP contribution in [-0.4, -0.2) is 36.4 Å². The SMILES string of the molecule is CC.CC.CC.COC[C@H](C)n1cc(C)c2nc(C3=C(OC)NC(C(C)C)C=C3)ccc21. The first-order valence-corrected chi connectivity index (χ1v) is 12.2. The van der Waals surface area contributed by atoms with E-state index in [1.54, 1.807) is 14.2 Å². The largest absolute Gasteiger partial charge is 0.482 e. The van der Waals surface area contributed by atoms with E-state index in [-0.39, 0.29) is 12.1 Å². The number of nitrogens with one attached hydrogen (secondary N) is 1. The highest BCUT2D eigenvalue weighted by Gasteiger charge is 2.21. The number of nitrogens with zero attached hydrogens (tertiary/aromatic N) is 2. The zero-order valence-electron chi connectivity index (χ0n) is 22.5. The van der Waals surface area contributed by atoms with Crippen molar-refractivity contribution in [1.29, 1.82) is 0 Å². The molecule has 0 saturated heterocycles. The Balaban J connectivity index is 0.00000148. The van der Waals surface area contributed by atoms with Gasteiger partial charge in [-0.2, -0.15) is 0 Å². The van der Waals surface area contributed by atoms with E-state index in [9.17, 15) is 0 Å². The first kappa shape index (κ1) is 29.7. The topological polar surface area (TPSA) is 48.3 Å². The van der Waals surface area contributed by atoms with E-state index >= 15 is 0 Å². The van der Waals surface area contributed by atoms with Crippen LogP contribution in [0.4, 0.5) is 0 Å². The summed E-state index contributed by atoms with van der Waals surface area (Å²) < 4.78 is 13.2. The summed E-state index contributed by atoms with van der Waals surface area (Å²) in [6.45, 7) is 21.3. The number of allylic oxidation sites excluding steroid dienone is 2. The molecule has 1 unspecified atom stereocenters. The maximum atomic E-state index is 5.61. The van der Waals surface area contributed by atoms with Gasteiger partial charge in [0.25, 0.3) is 0 Å². The summed E-state index contributed by atoms with van der Waals surface area (Å²) in [7, 11) is 3.43. The third kappa shape index (κ3) is 7.13. The molecule has 182 valence electrons. The van der Waals surface area contributed by atoms with Crippen molar-refractivity contribution in [3.63, 3.8) is 0 Å². The lowest BCUT2D eigenvalue weighted by Gasteiger charge is -2.26. The van der Waals surface area contributed by atoms with Crippen molar-refractivity contribution in [3.05, 3.63) is 47.6 Å².